The van der Waals surface area contributed by atoms with Crippen molar-refractivity contribution in [3.63, 3.8) is 0 Å². The highest BCUT2D eigenvalue weighted by molar-refractivity contribution is 5.78. The molecule has 0 unspecified atom stereocenters. The van der Waals surface area contributed by atoms with Crippen LogP contribution in [-0.2, 0) is 13.0 Å². The van der Waals surface area contributed by atoms with Crippen LogP contribution < -0.4 is 10.2 Å². The minimum absolute atomic E-state index is 0.569. The fraction of sp³-hybridized carbons (Fsp3) is 0.316. The fourth-order valence-electron chi connectivity index (χ4n) is 3.43. The third kappa shape index (κ3) is 2.84. The van der Waals surface area contributed by atoms with E-state index in [9.17, 15) is 0 Å². The van der Waals surface area contributed by atoms with E-state index in [4.69, 9.17) is 0 Å². The summed E-state index contributed by atoms with van der Waals surface area (Å²) in [5.41, 5.74) is 5.99. The average molecular weight is 332 g/mol. The van der Waals surface area contributed by atoms with Crippen molar-refractivity contribution in [2.24, 2.45) is 0 Å². The van der Waals surface area contributed by atoms with Crippen LogP contribution in [0.25, 0.3) is 11.1 Å². The third-order valence-corrected chi connectivity index (χ3v) is 4.93. The summed E-state index contributed by atoms with van der Waals surface area (Å²) in [5, 5.41) is 3.52. The van der Waals surface area contributed by atoms with Gasteiger partial charge in [0.2, 0.25) is 0 Å². The molecule has 0 atom stereocenters. The molecule has 126 valence electrons. The first kappa shape index (κ1) is 14.5. The van der Waals surface area contributed by atoms with Gasteiger partial charge in [0.1, 0.15) is 12.1 Å². The number of aromatic amines is 1. The molecule has 0 radical (unpaired) electrons. The van der Waals surface area contributed by atoms with Gasteiger partial charge in [0.15, 0.2) is 0 Å². The van der Waals surface area contributed by atoms with Crippen molar-refractivity contribution in [1.29, 1.82) is 0 Å². The van der Waals surface area contributed by atoms with E-state index in [1.54, 1.807) is 12.7 Å². The molecule has 0 bridgehead atoms. The zero-order valence-electron chi connectivity index (χ0n) is 13.9. The van der Waals surface area contributed by atoms with Gasteiger partial charge >= 0.3 is 0 Å². The lowest BCUT2D eigenvalue weighted by atomic mass is 10.0. The van der Waals surface area contributed by atoms with Gasteiger partial charge in [-0.15, -0.1) is 0 Å². The molecule has 0 saturated heterocycles. The van der Waals surface area contributed by atoms with E-state index >= 15 is 0 Å². The van der Waals surface area contributed by atoms with Crippen LogP contribution in [0.1, 0.15) is 24.1 Å². The lowest BCUT2D eigenvalue weighted by Crippen LogP contribution is -2.19. The Morgan fingerprint density at radius 1 is 1.24 bits per heavy atom. The Balaban J connectivity index is 1.48. The molecular formula is C19H20N6. The first-order valence-electron chi connectivity index (χ1n) is 8.79. The van der Waals surface area contributed by atoms with Gasteiger partial charge in [-0.1, -0.05) is 12.1 Å². The number of fused-ring (bicyclic) bond motifs is 1. The number of benzene rings is 1. The molecule has 3 heterocycles. The van der Waals surface area contributed by atoms with Crippen LogP contribution in [0.2, 0.25) is 0 Å². The lowest BCUT2D eigenvalue weighted by molar-refractivity contribution is 0.819. The molecule has 25 heavy (non-hydrogen) atoms. The molecule has 3 aromatic rings. The van der Waals surface area contributed by atoms with E-state index in [-0.39, 0.29) is 0 Å². The molecule has 1 saturated carbocycles. The number of nitrogens with zero attached hydrogens (tertiary/aromatic N) is 4. The smallest absolute Gasteiger partial charge is 0.137 e. The summed E-state index contributed by atoms with van der Waals surface area (Å²) in [6.07, 6.45) is 10.8. The number of H-pyrrole nitrogens is 1. The second kappa shape index (κ2) is 5.88. The average Bonchev–Trinajstić information content (AvgIpc) is 3.16. The Morgan fingerprint density at radius 2 is 2.20 bits per heavy atom. The van der Waals surface area contributed by atoms with Gasteiger partial charge in [0, 0.05) is 36.2 Å². The van der Waals surface area contributed by atoms with Crippen LogP contribution in [0.3, 0.4) is 0 Å². The van der Waals surface area contributed by atoms with Gasteiger partial charge in [-0.2, -0.15) is 0 Å². The van der Waals surface area contributed by atoms with Crippen LogP contribution in [0, 0.1) is 0 Å². The number of hydrogen-bond acceptors (Lipinski definition) is 5. The molecule has 1 fully saturated rings. The molecule has 1 aromatic carbocycles. The second-order valence-electron chi connectivity index (χ2n) is 6.78. The van der Waals surface area contributed by atoms with E-state index in [1.165, 1.54) is 24.1 Å². The summed E-state index contributed by atoms with van der Waals surface area (Å²) in [7, 11) is 0. The van der Waals surface area contributed by atoms with Gasteiger partial charge in [0.05, 0.1) is 18.6 Å². The standard InChI is InChI=1S/C19H20N6/c1-2-14(17-9-21-12-23-19(17)24-15-3-4-15)7-18-13(1)5-6-25(18)10-16-8-20-11-22-16/h1-2,7-9,11-12,15H,3-6,10H2,(H,20,22)(H,21,23,24). The molecule has 1 aliphatic heterocycles. The molecule has 0 amide bonds. The van der Waals surface area contributed by atoms with Crippen molar-refractivity contribution >= 4 is 11.5 Å². The van der Waals surface area contributed by atoms with Crippen LogP contribution >= 0.6 is 0 Å². The third-order valence-electron chi connectivity index (χ3n) is 4.93. The Kier molecular flexibility index (Phi) is 3.40. The maximum Gasteiger partial charge on any atom is 0.137 e. The van der Waals surface area contributed by atoms with E-state index in [0.29, 0.717) is 6.04 Å². The van der Waals surface area contributed by atoms with Crippen molar-refractivity contribution in [3.8, 4) is 11.1 Å². The van der Waals surface area contributed by atoms with Gasteiger partial charge in [0.25, 0.3) is 0 Å². The molecule has 1 aliphatic carbocycles. The first-order valence-corrected chi connectivity index (χ1v) is 8.79. The van der Waals surface area contributed by atoms with E-state index < -0.39 is 0 Å². The zero-order valence-corrected chi connectivity index (χ0v) is 13.9. The molecule has 6 heteroatoms. The quantitative estimate of drug-likeness (QED) is 0.752. The van der Waals surface area contributed by atoms with E-state index in [0.717, 1.165) is 42.1 Å². The van der Waals surface area contributed by atoms with Gasteiger partial charge in [-0.3, -0.25) is 0 Å². The van der Waals surface area contributed by atoms with Crippen LogP contribution in [-0.4, -0.2) is 32.5 Å². The zero-order chi connectivity index (χ0) is 16.6. The highest BCUT2D eigenvalue weighted by atomic mass is 15.2. The summed E-state index contributed by atoms with van der Waals surface area (Å²) in [5.74, 6) is 0.939. The Hall–Kier alpha value is -2.89. The summed E-state index contributed by atoms with van der Waals surface area (Å²) in [4.78, 5) is 18.5. The van der Waals surface area contributed by atoms with E-state index in [2.05, 4.69) is 48.4 Å². The number of anilines is 2. The number of rotatable bonds is 5. The Morgan fingerprint density at radius 3 is 3.04 bits per heavy atom. The van der Waals surface area contributed by atoms with Crippen molar-refractivity contribution in [2.75, 3.05) is 16.8 Å². The molecule has 0 spiro atoms. The van der Waals surface area contributed by atoms with E-state index in [1.807, 2.05) is 12.4 Å². The number of aromatic nitrogens is 4. The molecule has 2 aromatic heterocycles. The topological polar surface area (TPSA) is 69.7 Å². The largest absolute Gasteiger partial charge is 0.367 e. The van der Waals surface area contributed by atoms with Crippen molar-refractivity contribution in [2.45, 2.75) is 31.8 Å². The number of hydrogen-bond donors (Lipinski definition) is 2. The number of nitrogens with one attached hydrogen (secondary N) is 2. The van der Waals surface area contributed by atoms with Crippen LogP contribution in [0.4, 0.5) is 11.5 Å². The first-order chi connectivity index (χ1) is 12.4. The molecule has 2 aliphatic rings. The van der Waals surface area contributed by atoms with Gasteiger partial charge < -0.3 is 15.2 Å². The van der Waals surface area contributed by atoms with Crippen molar-refractivity contribution in [1.82, 2.24) is 19.9 Å². The summed E-state index contributed by atoms with van der Waals surface area (Å²) in [6.45, 7) is 1.86. The maximum atomic E-state index is 4.46. The predicted octanol–water partition coefficient (Wildman–Crippen LogP) is 3.00. The lowest BCUT2D eigenvalue weighted by Gasteiger charge is -2.19. The van der Waals surface area contributed by atoms with Crippen LogP contribution in [0.5, 0.6) is 0 Å². The summed E-state index contributed by atoms with van der Waals surface area (Å²) < 4.78 is 0. The Bertz CT molecular complexity index is 885. The highest BCUT2D eigenvalue weighted by Crippen LogP contribution is 2.36. The minimum atomic E-state index is 0.569. The molecule has 2 N–H and O–H groups in total. The molecular weight excluding hydrogens is 312 g/mol. The predicted molar refractivity (Wildman–Crippen MR) is 97.5 cm³/mol. The summed E-state index contributed by atoms with van der Waals surface area (Å²) >= 11 is 0. The van der Waals surface area contributed by atoms with Gasteiger partial charge in [-0.25, -0.2) is 15.0 Å². The molecule has 6 nitrogen and oxygen atoms in total. The fourth-order valence-corrected chi connectivity index (χ4v) is 3.43. The maximum absolute atomic E-state index is 4.46. The second-order valence-corrected chi connectivity index (χ2v) is 6.78. The number of imidazole rings is 1. The van der Waals surface area contributed by atoms with Crippen LogP contribution in [0.15, 0.2) is 43.2 Å². The normalized spacial score (nSPS) is 16.1. The van der Waals surface area contributed by atoms with Crippen molar-refractivity contribution < 1.29 is 0 Å². The molecule has 5 rings (SSSR count). The van der Waals surface area contributed by atoms with Crippen molar-refractivity contribution in [3.05, 3.63) is 54.5 Å². The SMILES string of the molecule is c1ncc(-c2ccc3c(c2)N(Cc2c[nH]cn2)CC3)c(NC2CC2)n1. The minimum Gasteiger partial charge on any atom is -0.367 e. The summed E-state index contributed by atoms with van der Waals surface area (Å²) in [6, 6.07) is 7.27. The Labute approximate surface area is 146 Å². The highest BCUT2D eigenvalue weighted by Gasteiger charge is 2.24. The monoisotopic (exact) mass is 332 g/mol. The van der Waals surface area contributed by atoms with Gasteiger partial charge in [-0.05, 0) is 36.5 Å².